The fraction of sp³-hybridized carbons (Fsp3) is 1.00. The molecule has 0 spiro atoms. The molecule has 0 aliphatic carbocycles. The number of hydrogen-bond acceptors (Lipinski definition) is 2. The maximum atomic E-state index is 2.43. The van der Waals surface area contributed by atoms with Crippen LogP contribution in [0.15, 0.2) is 0 Å². The molecular weight excluding hydrogens is 139 g/mol. The molecule has 1 aliphatic rings. The van der Waals surface area contributed by atoms with Crippen molar-refractivity contribution < 1.29 is 0 Å². The molecule has 0 aromatic carbocycles. The van der Waals surface area contributed by atoms with Gasteiger partial charge in [0.2, 0.25) is 0 Å². The van der Waals surface area contributed by atoms with Gasteiger partial charge in [0, 0.05) is 14.1 Å². The van der Waals surface area contributed by atoms with E-state index in [-0.39, 0.29) is 8.22 Å². The molecular formula is C4H12N2PS+. The highest BCUT2D eigenvalue weighted by atomic mass is 32.2. The van der Waals surface area contributed by atoms with E-state index < -0.39 is 0 Å². The second kappa shape index (κ2) is 2.14. The maximum absolute atomic E-state index is 2.43. The minimum absolute atomic E-state index is 0.0995. The molecule has 0 bridgehead atoms. The maximum Gasteiger partial charge on any atom is 0.174 e. The highest BCUT2D eigenvalue weighted by molar-refractivity contribution is 8.06. The molecule has 1 fully saturated rings. The van der Waals surface area contributed by atoms with Gasteiger partial charge in [-0.3, -0.25) is 0 Å². The zero-order valence-corrected chi connectivity index (χ0v) is 7.46. The van der Waals surface area contributed by atoms with Gasteiger partial charge in [-0.25, -0.2) is 0 Å². The highest BCUT2D eigenvalue weighted by Crippen LogP contribution is 2.52. The number of rotatable bonds is 0. The van der Waals surface area contributed by atoms with E-state index >= 15 is 0 Å². The van der Waals surface area contributed by atoms with Crippen LogP contribution < -0.4 is 0 Å². The van der Waals surface area contributed by atoms with Crippen molar-refractivity contribution in [2.24, 2.45) is 0 Å². The van der Waals surface area contributed by atoms with Gasteiger partial charge in [0.1, 0.15) is 14.5 Å². The molecule has 1 saturated heterocycles. The summed E-state index contributed by atoms with van der Waals surface area (Å²) in [6.07, 6.45) is 2.25. The van der Waals surface area contributed by atoms with Crippen LogP contribution in [-0.2, 0) is 11.3 Å². The third kappa shape index (κ3) is 0.781. The van der Waals surface area contributed by atoms with E-state index in [1.807, 2.05) is 0 Å². The standard InChI is InChI=1S/C4H12N2PS/c1-5-7(3)6(2)8(5)4/h1-4H3/q+1. The average molecular weight is 151 g/mol. The van der Waals surface area contributed by atoms with Crippen molar-refractivity contribution in [2.75, 3.05) is 27.0 Å². The normalized spacial score (nSPS) is 42.0. The monoisotopic (exact) mass is 151 g/mol. The van der Waals surface area contributed by atoms with Crippen molar-refractivity contribution in [3.05, 3.63) is 0 Å². The summed E-state index contributed by atoms with van der Waals surface area (Å²) in [5, 5.41) is 0. The molecule has 0 aromatic heterocycles. The molecule has 0 amide bonds. The fourth-order valence-corrected chi connectivity index (χ4v) is 4.94. The predicted molar refractivity (Wildman–Crippen MR) is 41.7 cm³/mol. The summed E-state index contributed by atoms with van der Waals surface area (Å²) in [7, 11) is 4.48. The first-order valence-corrected chi connectivity index (χ1v) is 5.76. The molecule has 1 rings (SSSR count). The average Bonchev–Trinajstić information content (AvgIpc) is 1.83. The van der Waals surface area contributed by atoms with Gasteiger partial charge in [0.05, 0.1) is 0 Å². The van der Waals surface area contributed by atoms with Crippen LogP contribution in [0.3, 0.4) is 0 Å². The Kier molecular flexibility index (Phi) is 1.83. The minimum Gasteiger partial charge on any atom is -0.0718 e. The molecule has 4 heteroatoms. The largest absolute Gasteiger partial charge is 0.174 e. The first kappa shape index (κ1) is 6.81. The van der Waals surface area contributed by atoms with Gasteiger partial charge >= 0.3 is 0 Å². The summed E-state index contributed by atoms with van der Waals surface area (Å²) in [4.78, 5) is 0. The summed E-state index contributed by atoms with van der Waals surface area (Å²) in [5.74, 6) is 0. The molecule has 48 valence electrons. The first-order valence-electron chi connectivity index (χ1n) is 2.52. The summed E-state index contributed by atoms with van der Waals surface area (Å²) in [6.45, 7) is 2.28. The van der Waals surface area contributed by atoms with Crippen LogP contribution in [0.5, 0.6) is 0 Å². The lowest BCUT2D eigenvalue weighted by molar-refractivity contribution is 0.686. The molecule has 8 heavy (non-hydrogen) atoms. The van der Waals surface area contributed by atoms with Crippen LogP contribution in [0.2, 0.25) is 0 Å². The third-order valence-corrected chi connectivity index (χ3v) is 7.58. The van der Waals surface area contributed by atoms with Crippen LogP contribution >= 0.6 is 8.22 Å². The summed E-state index contributed by atoms with van der Waals surface area (Å²) in [5.41, 5.74) is 0. The Bertz CT molecular complexity index is 68.0. The predicted octanol–water partition coefficient (Wildman–Crippen LogP) is 0.883. The molecule has 0 atom stereocenters. The van der Waals surface area contributed by atoms with Gasteiger partial charge in [0.15, 0.2) is 11.3 Å². The minimum atomic E-state index is 0.0995. The summed E-state index contributed by atoms with van der Waals surface area (Å²) < 4.78 is 4.85. The smallest absolute Gasteiger partial charge is 0.0718 e. The van der Waals surface area contributed by atoms with Gasteiger partial charge in [0.25, 0.3) is 0 Å². The van der Waals surface area contributed by atoms with Crippen LogP contribution in [0, 0.1) is 0 Å². The summed E-state index contributed by atoms with van der Waals surface area (Å²) >= 11 is 0.434. The molecule has 0 unspecified atom stereocenters. The molecule has 2 nitrogen and oxygen atoms in total. The van der Waals surface area contributed by atoms with E-state index in [1.165, 1.54) is 0 Å². The van der Waals surface area contributed by atoms with Crippen LogP contribution in [-0.4, -0.2) is 35.2 Å². The lowest BCUT2D eigenvalue weighted by atomic mass is 11.6. The van der Waals surface area contributed by atoms with Crippen molar-refractivity contribution in [1.29, 1.82) is 0 Å². The van der Waals surface area contributed by atoms with Gasteiger partial charge in [-0.15, -0.1) is 0 Å². The van der Waals surface area contributed by atoms with E-state index in [4.69, 9.17) is 0 Å². The Morgan fingerprint density at radius 1 is 1.25 bits per heavy atom. The molecule has 0 saturated carbocycles. The zero-order valence-electron chi connectivity index (χ0n) is 5.75. The Balaban J connectivity index is 2.42. The number of hydrogen-bond donors (Lipinski definition) is 0. The Morgan fingerprint density at radius 2 is 1.62 bits per heavy atom. The van der Waals surface area contributed by atoms with Gasteiger partial charge < -0.3 is 0 Å². The van der Waals surface area contributed by atoms with Crippen molar-refractivity contribution >= 4 is 19.5 Å². The molecule has 0 aromatic rings. The van der Waals surface area contributed by atoms with Crippen molar-refractivity contribution in [1.82, 2.24) is 8.15 Å². The topological polar surface area (TPSA) is 6.48 Å². The summed E-state index contributed by atoms with van der Waals surface area (Å²) in [6, 6.07) is 0. The van der Waals surface area contributed by atoms with Crippen LogP contribution in [0.4, 0.5) is 0 Å². The fourth-order valence-electron chi connectivity index (χ4n) is 0.663. The lowest BCUT2D eigenvalue weighted by Gasteiger charge is -2.37. The first-order chi connectivity index (χ1) is 3.64. The molecule has 0 N–H and O–H groups in total. The van der Waals surface area contributed by atoms with Crippen LogP contribution in [0.1, 0.15) is 0 Å². The van der Waals surface area contributed by atoms with Crippen molar-refractivity contribution in [3.63, 3.8) is 0 Å². The van der Waals surface area contributed by atoms with Crippen LogP contribution in [0.25, 0.3) is 0 Å². The van der Waals surface area contributed by atoms with E-state index in [0.29, 0.717) is 11.3 Å². The Labute approximate surface area is 55.3 Å². The second-order valence-electron chi connectivity index (χ2n) is 1.86. The zero-order chi connectivity index (χ0) is 6.31. The van der Waals surface area contributed by atoms with E-state index in [2.05, 4.69) is 35.2 Å². The molecule has 1 aliphatic heterocycles. The van der Waals surface area contributed by atoms with Gasteiger partial charge in [-0.05, 0) is 6.66 Å². The third-order valence-electron chi connectivity index (χ3n) is 1.58. The Hall–Kier alpha value is 0.700. The van der Waals surface area contributed by atoms with E-state index in [0.717, 1.165) is 0 Å². The number of nitrogens with zero attached hydrogens (tertiary/aromatic N) is 2. The quantitative estimate of drug-likeness (QED) is 0.374. The van der Waals surface area contributed by atoms with E-state index in [9.17, 15) is 0 Å². The van der Waals surface area contributed by atoms with Crippen molar-refractivity contribution in [3.8, 4) is 0 Å². The van der Waals surface area contributed by atoms with E-state index in [1.54, 1.807) is 0 Å². The van der Waals surface area contributed by atoms with Gasteiger partial charge in [-0.1, -0.05) is 8.15 Å². The van der Waals surface area contributed by atoms with Gasteiger partial charge in [-0.2, -0.15) is 0 Å². The van der Waals surface area contributed by atoms with Crippen molar-refractivity contribution in [2.45, 2.75) is 0 Å². The lowest BCUT2D eigenvalue weighted by Crippen LogP contribution is -2.45. The second-order valence-corrected chi connectivity index (χ2v) is 6.57. The SMILES string of the molecule is CN1P(C)N(C)[S+]1C. The molecule has 1 heterocycles. The Morgan fingerprint density at radius 3 is 1.75 bits per heavy atom. The molecule has 0 radical (unpaired) electrons. The highest BCUT2D eigenvalue weighted by Gasteiger charge is 2.47.